The van der Waals surface area contributed by atoms with Crippen LogP contribution in [0.25, 0.3) is 0 Å². The minimum Gasteiger partial charge on any atom is -0.381 e. The highest BCUT2D eigenvalue weighted by Gasteiger charge is 2.37. The second-order valence-electron chi connectivity index (χ2n) is 3.82. The first-order valence-corrected chi connectivity index (χ1v) is 6.23. The molecular weight excluding hydrogens is 210 g/mol. The van der Waals surface area contributed by atoms with Gasteiger partial charge in [-0.05, 0) is 13.8 Å². The Kier molecular flexibility index (Phi) is 3.38. The van der Waals surface area contributed by atoms with Gasteiger partial charge in [0.2, 0.25) is 0 Å². The van der Waals surface area contributed by atoms with Crippen molar-refractivity contribution in [2.75, 3.05) is 19.8 Å². The van der Waals surface area contributed by atoms with Crippen molar-refractivity contribution in [2.24, 2.45) is 0 Å². The Bertz CT molecular complexity index is 313. The van der Waals surface area contributed by atoms with Gasteiger partial charge in [-0.3, -0.25) is 0 Å². The number of hydrogen-bond acceptors (Lipinski definition) is 4. The summed E-state index contributed by atoms with van der Waals surface area (Å²) in [7, 11) is 0. The van der Waals surface area contributed by atoms with E-state index in [2.05, 4.69) is 11.9 Å². The van der Waals surface area contributed by atoms with E-state index in [0.29, 0.717) is 0 Å². The minimum absolute atomic E-state index is 0.175. The molecule has 0 aromatic carbocycles. The molecular formula is C11H17NO2S. The molecule has 0 bridgehead atoms. The molecule has 4 heteroatoms. The van der Waals surface area contributed by atoms with Crippen molar-refractivity contribution in [2.45, 2.75) is 32.3 Å². The summed E-state index contributed by atoms with van der Waals surface area (Å²) >= 11 is 1.74. The van der Waals surface area contributed by atoms with Crippen molar-refractivity contribution < 1.29 is 9.47 Å². The minimum atomic E-state index is -0.175. The van der Waals surface area contributed by atoms with Gasteiger partial charge in [-0.2, -0.15) is 0 Å². The molecule has 1 aliphatic heterocycles. The monoisotopic (exact) mass is 227 g/mol. The Morgan fingerprint density at radius 2 is 2.27 bits per heavy atom. The van der Waals surface area contributed by atoms with Gasteiger partial charge in [-0.1, -0.05) is 0 Å². The summed E-state index contributed by atoms with van der Waals surface area (Å²) in [6, 6.07) is 0. The van der Waals surface area contributed by atoms with E-state index < -0.39 is 0 Å². The molecule has 0 atom stereocenters. The van der Waals surface area contributed by atoms with Crippen LogP contribution >= 0.6 is 11.3 Å². The highest BCUT2D eigenvalue weighted by atomic mass is 32.1. The second-order valence-corrected chi connectivity index (χ2v) is 5.05. The lowest BCUT2D eigenvalue weighted by atomic mass is 9.95. The van der Waals surface area contributed by atoms with Crippen molar-refractivity contribution in [3.8, 4) is 0 Å². The van der Waals surface area contributed by atoms with E-state index in [9.17, 15) is 0 Å². The van der Waals surface area contributed by atoms with Crippen LogP contribution in [-0.2, 0) is 15.1 Å². The van der Waals surface area contributed by atoms with Crippen molar-refractivity contribution in [3.63, 3.8) is 0 Å². The molecule has 0 aliphatic carbocycles. The van der Waals surface area contributed by atoms with Gasteiger partial charge in [0, 0.05) is 43.7 Å². The highest BCUT2D eigenvalue weighted by Crippen LogP contribution is 2.37. The van der Waals surface area contributed by atoms with E-state index in [1.807, 2.05) is 13.1 Å². The Labute approximate surface area is 94.4 Å². The number of ether oxygens (including phenoxy) is 2. The zero-order valence-corrected chi connectivity index (χ0v) is 10.1. The molecule has 2 rings (SSSR count). The third-order valence-electron chi connectivity index (χ3n) is 2.73. The number of rotatable bonds is 3. The summed E-state index contributed by atoms with van der Waals surface area (Å²) in [6.07, 6.45) is 3.78. The summed E-state index contributed by atoms with van der Waals surface area (Å²) in [5.74, 6) is 0. The van der Waals surface area contributed by atoms with Crippen LogP contribution in [0.15, 0.2) is 6.20 Å². The Hall–Kier alpha value is -0.450. The predicted octanol–water partition coefficient (Wildman–Crippen LogP) is 2.49. The molecule has 1 fully saturated rings. The van der Waals surface area contributed by atoms with Gasteiger partial charge in [-0.15, -0.1) is 11.3 Å². The van der Waals surface area contributed by atoms with Gasteiger partial charge >= 0.3 is 0 Å². The summed E-state index contributed by atoms with van der Waals surface area (Å²) in [5, 5.41) is 1.12. The zero-order chi connectivity index (χ0) is 10.7. The van der Waals surface area contributed by atoms with E-state index in [1.54, 1.807) is 11.3 Å². The van der Waals surface area contributed by atoms with Crippen LogP contribution < -0.4 is 0 Å². The summed E-state index contributed by atoms with van der Waals surface area (Å²) < 4.78 is 11.3. The average Bonchev–Trinajstić information content (AvgIpc) is 2.67. The highest BCUT2D eigenvalue weighted by molar-refractivity contribution is 7.11. The van der Waals surface area contributed by atoms with Crippen LogP contribution in [0.5, 0.6) is 0 Å². The number of thiazole rings is 1. The molecule has 1 aliphatic rings. The molecule has 84 valence electrons. The Morgan fingerprint density at radius 1 is 1.53 bits per heavy atom. The van der Waals surface area contributed by atoms with Crippen molar-refractivity contribution in [1.82, 2.24) is 4.98 Å². The van der Waals surface area contributed by atoms with E-state index in [-0.39, 0.29) is 5.60 Å². The third kappa shape index (κ3) is 2.22. The number of aromatic nitrogens is 1. The van der Waals surface area contributed by atoms with Gasteiger partial charge in [0.1, 0.15) is 10.6 Å². The van der Waals surface area contributed by atoms with Gasteiger partial charge in [0.25, 0.3) is 0 Å². The first-order valence-electron chi connectivity index (χ1n) is 5.41. The summed E-state index contributed by atoms with van der Waals surface area (Å²) in [6.45, 7) is 6.41. The maximum absolute atomic E-state index is 5.94. The molecule has 1 aromatic rings. The lowest BCUT2D eigenvalue weighted by Gasteiger charge is -2.35. The van der Waals surface area contributed by atoms with Crippen LogP contribution in [0.3, 0.4) is 0 Å². The lowest BCUT2D eigenvalue weighted by Crippen LogP contribution is -2.36. The van der Waals surface area contributed by atoms with Gasteiger partial charge in [-0.25, -0.2) is 4.98 Å². The molecule has 0 saturated carbocycles. The molecule has 0 unspecified atom stereocenters. The first kappa shape index (κ1) is 11.0. The molecule has 0 amide bonds. The van der Waals surface area contributed by atoms with E-state index in [1.165, 1.54) is 4.88 Å². The Balaban J connectivity index is 2.24. The van der Waals surface area contributed by atoms with Crippen LogP contribution in [-0.4, -0.2) is 24.8 Å². The number of hydrogen-bond donors (Lipinski definition) is 0. The van der Waals surface area contributed by atoms with Crippen molar-refractivity contribution in [1.29, 1.82) is 0 Å². The van der Waals surface area contributed by atoms with Gasteiger partial charge < -0.3 is 9.47 Å². The first-order chi connectivity index (χ1) is 7.27. The topological polar surface area (TPSA) is 31.4 Å². The molecule has 1 aromatic heterocycles. The van der Waals surface area contributed by atoms with E-state index >= 15 is 0 Å². The fourth-order valence-corrected chi connectivity index (χ4v) is 2.93. The van der Waals surface area contributed by atoms with Gasteiger partial charge in [0.15, 0.2) is 0 Å². The maximum Gasteiger partial charge on any atom is 0.125 e. The van der Waals surface area contributed by atoms with Crippen LogP contribution in [0.2, 0.25) is 0 Å². The second kappa shape index (κ2) is 4.60. The molecule has 3 nitrogen and oxygen atoms in total. The quantitative estimate of drug-likeness (QED) is 0.795. The summed E-state index contributed by atoms with van der Waals surface area (Å²) in [4.78, 5) is 5.71. The molecule has 15 heavy (non-hydrogen) atoms. The van der Waals surface area contributed by atoms with Crippen LogP contribution in [0.1, 0.15) is 29.7 Å². The molecule has 0 radical (unpaired) electrons. The van der Waals surface area contributed by atoms with Crippen molar-refractivity contribution >= 4 is 11.3 Å². The van der Waals surface area contributed by atoms with Crippen LogP contribution in [0.4, 0.5) is 0 Å². The fraction of sp³-hybridized carbons (Fsp3) is 0.727. The molecule has 0 N–H and O–H groups in total. The largest absolute Gasteiger partial charge is 0.381 e. The average molecular weight is 227 g/mol. The maximum atomic E-state index is 5.94. The smallest absolute Gasteiger partial charge is 0.125 e. The van der Waals surface area contributed by atoms with Gasteiger partial charge in [0.05, 0.1) is 0 Å². The zero-order valence-electron chi connectivity index (χ0n) is 9.28. The molecule has 1 saturated heterocycles. The SMILES string of the molecule is CCOC1(c2ncc(C)s2)CCOCC1. The van der Waals surface area contributed by atoms with Crippen molar-refractivity contribution in [3.05, 3.63) is 16.1 Å². The van der Waals surface area contributed by atoms with E-state index in [4.69, 9.17) is 9.47 Å². The standard InChI is InChI=1S/C11H17NO2S/c1-3-14-11(4-6-13-7-5-11)10-12-8-9(2)15-10/h8H,3-7H2,1-2H3. The summed E-state index contributed by atoms with van der Waals surface area (Å²) in [5.41, 5.74) is -0.175. The number of nitrogens with zero attached hydrogens (tertiary/aromatic N) is 1. The van der Waals surface area contributed by atoms with Crippen LogP contribution in [0, 0.1) is 6.92 Å². The van der Waals surface area contributed by atoms with E-state index in [0.717, 1.165) is 37.7 Å². The lowest BCUT2D eigenvalue weighted by molar-refractivity contribution is -0.112. The third-order valence-corrected chi connectivity index (χ3v) is 3.83. The predicted molar refractivity (Wildman–Crippen MR) is 60.2 cm³/mol. The fourth-order valence-electron chi connectivity index (χ4n) is 1.96. The number of aryl methyl sites for hydroxylation is 1. The molecule has 2 heterocycles. The molecule has 0 spiro atoms. The Morgan fingerprint density at radius 3 is 2.80 bits per heavy atom. The normalized spacial score (nSPS) is 20.4.